The fourth-order valence-electron chi connectivity index (χ4n) is 3.19. The predicted octanol–water partition coefficient (Wildman–Crippen LogP) is 5.89. The monoisotopic (exact) mass is 492 g/mol. The molecule has 3 aromatic rings. The van der Waals surface area contributed by atoms with Crippen molar-refractivity contribution in [2.75, 3.05) is 0 Å². The molecule has 29 heavy (non-hydrogen) atoms. The van der Waals surface area contributed by atoms with Gasteiger partial charge in [0.1, 0.15) is 0 Å². The smallest absolute Gasteiger partial charge is 0.283 e. The molecule has 0 saturated heterocycles. The average Bonchev–Trinajstić information content (AvgIpc) is 2.62. The van der Waals surface area contributed by atoms with E-state index >= 15 is 0 Å². The van der Waals surface area contributed by atoms with Gasteiger partial charge in [0.05, 0.1) is 5.02 Å². The summed E-state index contributed by atoms with van der Waals surface area (Å²) in [6.07, 6.45) is 0. The first-order valence-corrected chi connectivity index (χ1v) is 10.8. The van der Waals surface area contributed by atoms with E-state index in [0.717, 1.165) is 12.1 Å². The highest BCUT2D eigenvalue weighted by Gasteiger charge is 2.52. The van der Waals surface area contributed by atoms with Crippen molar-refractivity contribution in [2.24, 2.45) is 0 Å². The summed E-state index contributed by atoms with van der Waals surface area (Å²) in [5.74, 6) is -1.24. The Bertz CT molecular complexity index is 1180. The van der Waals surface area contributed by atoms with Gasteiger partial charge < -0.3 is 10.2 Å². The highest BCUT2D eigenvalue weighted by Crippen LogP contribution is 2.52. The van der Waals surface area contributed by atoms with Crippen LogP contribution in [0.15, 0.2) is 54.6 Å². The van der Waals surface area contributed by atoms with Gasteiger partial charge in [-0.1, -0.05) is 64.6 Å². The van der Waals surface area contributed by atoms with Crippen LogP contribution in [-0.4, -0.2) is 23.2 Å². The predicted molar refractivity (Wildman–Crippen MR) is 114 cm³/mol. The van der Waals surface area contributed by atoms with Crippen LogP contribution in [0.3, 0.4) is 0 Å². The lowest BCUT2D eigenvalue weighted by atomic mass is 9.83. The Balaban J connectivity index is 2.63. The van der Waals surface area contributed by atoms with Gasteiger partial charge in [0.2, 0.25) is 0 Å². The molecule has 0 aliphatic heterocycles. The van der Waals surface area contributed by atoms with E-state index in [9.17, 15) is 23.2 Å². The minimum absolute atomic E-state index is 0.00592. The maximum absolute atomic E-state index is 13.0. The van der Waals surface area contributed by atoms with Crippen molar-refractivity contribution in [1.82, 2.24) is 0 Å². The Morgan fingerprint density at radius 3 is 1.79 bits per heavy atom. The number of phenols is 2. The summed E-state index contributed by atoms with van der Waals surface area (Å²) in [4.78, 5) is 0. The molecule has 5 nitrogen and oxygen atoms in total. The van der Waals surface area contributed by atoms with Crippen molar-refractivity contribution in [2.45, 2.75) is 4.75 Å². The molecule has 0 fully saturated rings. The van der Waals surface area contributed by atoms with Crippen molar-refractivity contribution in [3.63, 3.8) is 0 Å². The molecule has 0 spiro atoms. The molecule has 152 valence electrons. The lowest BCUT2D eigenvalue weighted by molar-refractivity contribution is 0.402. The number of halogens is 4. The van der Waals surface area contributed by atoms with Gasteiger partial charge in [-0.2, -0.15) is 8.42 Å². The maximum atomic E-state index is 13.0. The molecular weight excluding hydrogens is 482 g/mol. The number of hydrogen-bond acceptors (Lipinski definition) is 4. The lowest BCUT2D eigenvalue weighted by Crippen LogP contribution is -2.39. The SMILES string of the molecule is O=S(=O)(O)C(c1ccc(Cl)cc1)(c1cc(O)c(O)cc1Cl)c1c(Cl)cccc1Cl. The molecule has 1 atom stereocenters. The second kappa shape index (κ2) is 7.87. The molecule has 0 aliphatic carbocycles. The van der Waals surface area contributed by atoms with Gasteiger partial charge in [-0.25, -0.2) is 0 Å². The number of rotatable bonds is 4. The quantitative estimate of drug-likeness (QED) is 0.239. The molecule has 3 aromatic carbocycles. The zero-order valence-electron chi connectivity index (χ0n) is 14.3. The standard InChI is InChI=1S/C19H12Cl4O5S/c20-11-6-4-10(5-7-11)19(29(26,27)28,18-13(21)2-1-3-14(18)22)12-8-16(24)17(25)9-15(12)23/h1-9,24-25H,(H,26,27,28). The van der Waals surface area contributed by atoms with Crippen LogP contribution in [0, 0.1) is 0 Å². The topological polar surface area (TPSA) is 94.8 Å². The summed E-state index contributed by atoms with van der Waals surface area (Å²) in [5, 5.41) is 19.7. The molecule has 1 unspecified atom stereocenters. The lowest BCUT2D eigenvalue weighted by Gasteiger charge is -2.34. The van der Waals surface area contributed by atoms with E-state index in [2.05, 4.69) is 0 Å². The second-order valence-electron chi connectivity index (χ2n) is 6.08. The van der Waals surface area contributed by atoms with Crippen LogP contribution in [-0.2, 0) is 14.9 Å². The molecule has 0 aromatic heterocycles. The summed E-state index contributed by atoms with van der Waals surface area (Å²) < 4.78 is 34.1. The molecule has 0 aliphatic rings. The molecule has 3 rings (SSSR count). The molecular formula is C19H12Cl4O5S. The molecule has 0 radical (unpaired) electrons. The van der Waals surface area contributed by atoms with E-state index in [-0.39, 0.29) is 31.8 Å². The Morgan fingerprint density at radius 1 is 0.759 bits per heavy atom. The fraction of sp³-hybridized carbons (Fsp3) is 0.0526. The first-order chi connectivity index (χ1) is 13.5. The van der Waals surface area contributed by atoms with E-state index in [1.165, 1.54) is 42.5 Å². The number of phenolic OH excluding ortho intramolecular Hbond substituents is 2. The first kappa shape index (κ1) is 22.0. The third-order valence-corrected chi connectivity index (χ3v) is 7.02. The van der Waals surface area contributed by atoms with E-state index in [4.69, 9.17) is 46.4 Å². The summed E-state index contributed by atoms with van der Waals surface area (Å²) in [6, 6.07) is 11.7. The van der Waals surface area contributed by atoms with E-state index in [0.29, 0.717) is 5.02 Å². The van der Waals surface area contributed by atoms with Crippen molar-refractivity contribution >= 4 is 56.5 Å². The number of benzene rings is 3. The number of hydrogen-bond donors (Lipinski definition) is 3. The normalized spacial score (nSPS) is 13.8. The molecule has 0 saturated carbocycles. The second-order valence-corrected chi connectivity index (χ2v) is 9.30. The van der Waals surface area contributed by atoms with Crippen LogP contribution < -0.4 is 0 Å². The largest absolute Gasteiger partial charge is 0.504 e. The van der Waals surface area contributed by atoms with Gasteiger partial charge >= 0.3 is 0 Å². The molecule has 0 amide bonds. The van der Waals surface area contributed by atoms with Crippen LogP contribution in [0.5, 0.6) is 11.5 Å². The van der Waals surface area contributed by atoms with Crippen LogP contribution >= 0.6 is 46.4 Å². The summed E-state index contributed by atoms with van der Waals surface area (Å²) in [7, 11) is -5.08. The maximum Gasteiger partial charge on any atom is 0.283 e. The summed E-state index contributed by atoms with van der Waals surface area (Å²) in [5.41, 5.74) is -0.444. The zero-order valence-corrected chi connectivity index (χ0v) is 18.1. The summed E-state index contributed by atoms with van der Waals surface area (Å²) in [6.45, 7) is 0. The Morgan fingerprint density at radius 2 is 1.28 bits per heavy atom. The van der Waals surface area contributed by atoms with Crippen molar-refractivity contribution in [1.29, 1.82) is 0 Å². The van der Waals surface area contributed by atoms with E-state index in [1.807, 2.05) is 0 Å². The Hall–Kier alpha value is -1.67. The van der Waals surface area contributed by atoms with E-state index < -0.39 is 26.4 Å². The van der Waals surface area contributed by atoms with Crippen LogP contribution in [0.2, 0.25) is 20.1 Å². The van der Waals surface area contributed by atoms with Gasteiger partial charge in [-0.15, -0.1) is 0 Å². The highest BCUT2D eigenvalue weighted by molar-refractivity contribution is 7.87. The average molecular weight is 494 g/mol. The van der Waals surface area contributed by atoms with Crippen molar-refractivity contribution < 1.29 is 23.2 Å². The van der Waals surface area contributed by atoms with Gasteiger partial charge in [0.15, 0.2) is 16.2 Å². The van der Waals surface area contributed by atoms with Gasteiger partial charge in [-0.3, -0.25) is 4.55 Å². The third kappa shape index (κ3) is 3.65. The minimum Gasteiger partial charge on any atom is -0.504 e. The highest BCUT2D eigenvalue weighted by atomic mass is 35.5. The number of aromatic hydroxyl groups is 2. The zero-order chi connectivity index (χ0) is 21.6. The molecule has 10 heteroatoms. The van der Waals surface area contributed by atoms with Crippen molar-refractivity contribution in [3.05, 3.63) is 91.4 Å². The Labute approximate surface area is 186 Å². The molecule has 0 heterocycles. The molecule has 3 N–H and O–H groups in total. The third-order valence-electron chi connectivity index (χ3n) is 4.40. The fourth-order valence-corrected chi connectivity index (χ4v) is 5.82. The first-order valence-electron chi connectivity index (χ1n) is 7.89. The van der Waals surface area contributed by atoms with Gasteiger partial charge in [0, 0.05) is 32.3 Å². The van der Waals surface area contributed by atoms with Crippen LogP contribution in [0.1, 0.15) is 16.7 Å². The van der Waals surface area contributed by atoms with Crippen molar-refractivity contribution in [3.8, 4) is 11.5 Å². The van der Waals surface area contributed by atoms with Crippen LogP contribution in [0.25, 0.3) is 0 Å². The van der Waals surface area contributed by atoms with Crippen LogP contribution in [0.4, 0.5) is 0 Å². The van der Waals surface area contributed by atoms with E-state index in [1.54, 1.807) is 0 Å². The van der Waals surface area contributed by atoms with Gasteiger partial charge in [-0.05, 0) is 35.9 Å². The molecule has 0 bridgehead atoms. The Kier molecular flexibility index (Phi) is 5.98. The summed E-state index contributed by atoms with van der Waals surface area (Å²) >= 11 is 24.9. The minimum atomic E-state index is -5.08. The van der Waals surface area contributed by atoms with Gasteiger partial charge in [0.25, 0.3) is 10.1 Å².